The van der Waals surface area contributed by atoms with E-state index in [0.29, 0.717) is 5.69 Å². The molecule has 0 aliphatic rings. The van der Waals surface area contributed by atoms with Gasteiger partial charge in [-0.3, -0.25) is 9.59 Å². The predicted octanol–water partition coefficient (Wildman–Crippen LogP) is 1.98. The molecule has 1 aromatic carbocycles. The van der Waals surface area contributed by atoms with Gasteiger partial charge in [0.05, 0.1) is 6.42 Å². The van der Waals surface area contributed by atoms with Crippen molar-refractivity contribution in [1.29, 1.82) is 0 Å². The number of nitrogens with zero attached hydrogens (tertiary/aromatic N) is 1. The van der Waals surface area contributed by atoms with Crippen LogP contribution in [0.5, 0.6) is 0 Å². The average molecular weight is 234 g/mol. The van der Waals surface area contributed by atoms with E-state index >= 15 is 0 Å². The van der Waals surface area contributed by atoms with Crippen LogP contribution in [-0.2, 0) is 9.59 Å². The molecule has 1 rings (SSSR count). The van der Waals surface area contributed by atoms with Crippen molar-refractivity contribution >= 4 is 23.1 Å². The van der Waals surface area contributed by atoms with Crippen molar-refractivity contribution in [2.24, 2.45) is 0 Å². The van der Waals surface area contributed by atoms with Gasteiger partial charge in [-0.05, 0) is 31.5 Å². The van der Waals surface area contributed by atoms with Gasteiger partial charge < -0.3 is 10.2 Å². The summed E-state index contributed by atoms with van der Waals surface area (Å²) in [5.74, 6) is -0.409. The van der Waals surface area contributed by atoms with E-state index in [9.17, 15) is 9.59 Å². The maximum absolute atomic E-state index is 11.4. The number of rotatable bonds is 4. The number of Topliss-reactive ketones (excluding diaryl/α,β-unsaturated/α-hetero) is 1. The van der Waals surface area contributed by atoms with Gasteiger partial charge in [0.25, 0.3) is 0 Å². The summed E-state index contributed by atoms with van der Waals surface area (Å²) in [4.78, 5) is 24.2. The Kier molecular flexibility index (Phi) is 4.26. The lowest BCUT2D eigenvalue weighted by atomic mass is 10.1. The molecule has 0 atom stereocenters. The molecular weight excluding hydrogens is 216 g/mol. The first-order valence-corrected chi connectivity index (χ1v) is 5.47. The van der Waals surface area contributed by atoms with Gasteiger partial charge in [0.2, 0.25) is 5.91 Å². The van der Waals surface area contributed by atoms with E-state index in [-0.39, 0.29) is 18.1 Å². The molecule has 0 aliphatic carbocycles. The number of ketones is 1. The molecule has 0 spiro atoms. The first-order valence-electron chi connectivity index (χ1n) is 5.47. The lowest BCUT2D eigenvalue weighted by Crippen LogP contribution is -2.16. The van der Waals surface area contributed by atoms with Crippen LogP contribution >= 0.6 is 0 Å². The number of nitrogens with one attached hydrogen (secondary N) is 1. The molecule has 92 valence electrons. The minimum Gasteiger partial charge on any atom is -0.377 e. The molecule has 1 amide bonds. The monoisotopic (exact) mass is 234 g/mol. The molecule has 4 nitrogen and oxygen atoms in total. The topological polar surface area (TPSA) is 49.4 Å². The number of anilines is 2. The van der Waals surface area contributed by atoms with Crippen LogP contribution in [0.3, 0.4) is 0 Å². The predicted molar refractivity (Wildman–Crippen MR) is 69.4 cm³/mol. The van der Waals surface area contributed by atoms with Gasteiger partial charge in [-0.15, -0.1) is 0 Å². The standard InChI is InChI=1S/C13H18N2O2/c1-9-5-6-11(8-12(9)15(3)4)14-13(17)7-10(2)16/h5-6,8H,7H2,1-4H3,(H,14,17). The number of carbonyl (C=O) groups is 2. The summed E-state index contributed by atoms with van der Waals surface area (Å²) in [6.07, 6.45) is -0.0782. The molecule has 1 N–H and O–H groups in total. The van der Waals surface area contributed by atoms with E-state index in [2.05, 4.69) is 5.32 Å². The third-order valence-electron chi connectivity index (χ3n) is 2.38. The fraction of sp³-hybridized carbons (Fsp3) is 0.385. The summed E-state index contributed by atoms with van der Waals surface area (Å²) in [7, 11) is 3.90. The smallest absolute Gasteiger partial charge is 0.231 e. The molecule has 0 unspecified atom stereocenters. The first-order chi connectivity index (χ1) is 7.90. The fourth-order valence-electron chi connectivity index (χ4n) is 1.60. The lowest BCUT2D eigenvalue weighted by molar-refractivity contribution is -0.124. The van der Waals surface area contributed by atoms with Crippen molar-refractivity contribution in [3.63, 3.8) is 0 Å². The second-order valence-electron chi connectivity index (χ2n) is 4.32. The fourth-order valence-corrected chi connectivity index (χ4v) is 1.60. The Morgan fingerprint density at radius 1 is 1.29 bits per heavy atom. The van der Waals surface area contributed by atoms with Crippen molar-refractivity contribution in [2.75, 3.05) is 24.3 Å². The molecule has 0 aliphatic heterocycles. The Morgan fingerprint density at radius 3 is 2.47 bits per heavy atom. The highest BCUT2D eigenvalue weighted by Gasteiger charge is 2.07. The van der Waals surface area contributed by atoms with Gasteiger partial charge in [-0.2, -0.15) is 0 Å². The Bertz CT molecular complexity index is 439. The number of hydrogen-bond acceptors (Lipinski definition) is 3. The Morgan fingerprint density at radius 2 is 1.94 bits per heavy atom. The molecule has 1 aromatic rings. The van der Waals surface area contributed by atoms with Crippen LogP contribution in [0.4, 0.5) is 11.4 Å². The molecule has 0 bridgehead atoms. The van der Waals surface area contributed by atoms with E-state index in [1.165, 1.54) is 6.92 Å². The molecule has 0 radical (unpaired) electrons. The molecule has 0 aromatic heterocycles. The van der Waals surface area contributed by atoms with Gasteiger partial charge >= 0.3 is 0 Å². The van der Waals surface area contributed by atoms with Crippen molar-refractivity contribution in [2.45, 2.75) is 20.3 Å². The van der Waals surface area contributed by atoms with Crippen molar-refractivity contribution in [1.82, 2.24) is 0 Å². The van der Waals surface area contributed by atoms with E-state index in [4.69, 9.17) is 0 Å². The zero-order valence-electron chi connectivity index (χ0n) is 10.7. The maximum Gasteiger partial charge on any atom is 0.231 e. The zero-order valence-corrected chi connectivity index (χ0v) is 10.7. The summed E-state index contributed by atoms with van der Waals surface area (Å²) in [6.45, 7) is 3.41. The van der Waals surface area contributed by atoms with Crippen molar-refractivity contribution < 1.29 is 9.59 Å². The van der Waals surface area contributed by atoms with Crippen LogP contribution in [0.2, 0.25) is 0 Å². The minimum absolute atomic E-state index is 0.0782. The summed E-state index contributed by atoms with van der Waals surface area (Å²) < 4.78 is 0. The molecule has 0 fully saturated rings. The van der Waals surface area contributed by atoms with Crippen LogP contribution in [0.25, 0.3) is 0 Å². The van der Waals surface area contributed by atoms with Crippen molar-refractivity contribution in [3.8, 4) is 0 Å². The Hall–Kier alpha value is -1.84. The van der Waals surface area contributed by atoms with Gasteiger partial charge in [0, 0.05) is 25.5 Å². The molecule has 0 heterocycles. The third-order valence-corrected chi connectivity index (χ3v) is 2.38. The first kappa shape index (κ1) is 13.2. The second kappa shape index (κ2) is 5.48. The number of hydrogen-bond donors (Lipinski definition) is 1. The van der Waals surface area contributed by atoms with Gasteiger partial charge in [-0.25, -0.2) is 0 Å². The Balaban J connectivity index is 2.82. The second-order valence-corrected chi connectivity index (χ2v) is 4.32. The summed E-state index contributed by atoms with van der Waals surface area (Å²) in [6, 6.07) is 5.67. The van der Waals surface area contributed by atoms with Crippen molar-refractivity contribution in [3.05, 3.63) is 23.8 Å². The lowest BCUT2D eigenvalue weighted by Gasteiger charge is -2.17. The van der Waals surface area contributed by atoms with Crippen LogP contribution in [0.1, 0.15) is 18.9 Å². The summed E-state index contributed by atoms with van der Waals surface area (Å²) >= 11 is 0. The summed E-state index contributed by atoms with van der Waals surface area (Å²) in [5, 5.41) is 2.71. The summed E-state index contributed by atoms with van der Waals surface area (Å²) in [5.41, 5.74) is 2.90. The molecular formula is C13H18N2O2. The third kappa shape index (κ3) is 3.90. The van der Waals surface area contributed by atoms with E-state index in [0.717, 1.165) is 11.3 Å². The van der Waals surface area contributed by atoms with E-state index < -0.39 is 0 Å². The highest BCUT2D eigenvalue weighted by atomic mass is 16.2. The number of aryl methyl sites for hydroxylation is 1. The highest BCUT2D eigenvalue weighted by Crippen LogP contribution is 2.22. The molecule has 17 heavy (non-hydrogen) atoms. The zero-order chi connectivity index (χ0) is 13.0. The number of benzene rings is 1. The quantitative estimate of drug-likeness (QED) is 0.810. The van der Waals surface area contributed by atoms with Gasteiger partial charge in [-0.1, -0.05) is 6.07 Å². The normalized spacial score (nSPS) is 9.88. The van der Waals surface area contributed by atoms with E-state index in [1.54, 1.807) is 0 Å². The minimum atomic E-state index is -0.272. The molecule has 4 heteroatoms. The van der Waals surface area contributed by atoms with Crippen LogP contribution in [0, 0.1) is 6.92 Å². The largest absolute Gasteiger partial charge is 0.377 e. The highest BCUT2D eigenvalue weighted by molar-refractivity contribution is 6.03. The molecule has 0 saturated heterocycles. The SMILES string of the molecule is CC(=O)CC(=O)Nc1ccc(C)c(N(C)C)c1. The van der Waals surface area contributed by atoms with Crippen LogP contribution in [-0.4, -0.2) is 25.8 Å². The maximum atomic E-state index is 11.4. The number of amides is 1. The van der Waals surface area contributed by atoms with Gasteiger partial charge in [0.15, 0.2) is 0 Å². The van der Waals surface area contributed by atoms with Crippen LogP contribution < -0.4 is 10.2 Å². The van der Waals surface area contributed by atoms with E-state index in [1.807, 2.05) is 44.1 Å². The molecule has 0 saturated carbocycles. The van der Waals surface area contributed by atoms with Crippen LogP contribution in [0.15, 0.2) is 18.2 Å². The average Bonchev–Trinajstić information content (AvgIpc) is 2.19. The Labute approximate surface area is 102 Å². The number of carbonyl (C=O) groups excluding carboxylic acids is 2. The van der Waals surface area contributed by atoms with Gasteiger partial charge in [0.1, 0.15) is 5.78 Å².